The fraction of sp³-hybridized carbons (Fsp3) is 0.342. The van der Waals surface area contributed by atoms with Crippen LogP contribution in [0.15, 0.2) is 24.3 Å². The maximum Gasteiger partial charge on any atom is 0.485 e. The number of hydrogen-bond donors (Lipinski definition) is 0. The Balaban J connectivity index is 0.000000812. The van der Waals surface area contributed by atoms with Gasteiger partial charge >= 0.3 is 5.51 Å². The van der Waals surface area contributed by atoms with Gasteiger partial charge in [0.1, 0.15) is 23.5 Å². The van der Waals surface area contributed by atoms with E-state index in [0.29, 0.717) is 11.4 Å². The van der Waals surface area contributed by atoms with Crippen LogP contribution >= 0.6 is 0 Å². The molecule has 0 saturated heterocycles. The van der Waals surface area contributed by atoms with E-state index >= 15 is 0 Å². The third-order valence-corrected chi connectivity index (χ3v) is 10.0. The lowest BCUT2D eigenvalue weighted by atomic mass is 9.91. The number of benzene rings is 4. The summed E-state index contributed by atoms with van der Waals surface area (Å²) in [6.45, 7) is 11.1. The first-order valence-electron chi connectivity index (χ1n) is 16.8. The highest BCUT2D eigenvalue weighted by atomic mass is 32.2. The maximum atomic E-state index is 14.9. The molecule has 0 aromatic heterocycles. The van der Waals surface area contributed by atoms with Crippen molar-refractivity contribution >= 4 is 27.8 Å². The molecule has 19 heteroatoms. The Morgan fingerprint density at radius 3 is 1.25 bits per heavy atom. The first-order valence-corrected chi connectivity index (χ1v) is 18.2. The smallest absolute Gasteiger partial charge is 0.485 e. The summed E-state index contributed by atoms with van der Waals surface area (Å²) in [6.07, 6.45) is -0.0254. The second-order valence-electron chi connectivity index (χ2n) is 13.6. The first-order chi connectivity index (χ1) is 26.2. The van der Waals surface area contributed by atoms with Gasteiger partial charge in [0.25, 0.3) is 0 Å². The molecule has 0 N–H and O–H groups in total. The maximum absolute atomic E-state index is 14.9. The fourth-order valence-corrected chi connectivity index (χ4v) is 7.27. The van der Waals surface area contributed by atoms with Gasteiger partial charge in [0, 0.05) is 11.1 Å². The second kappa shape index (κ2) is 16.7. The van der Waals surface area contributed by atoms with Gasteiger partial charge in [0.05, 0.1) is 0 Å². The third-order valence-electron chi connectivity index (χ3n) is 9.46. The van der Waals surface area contributed by atoms with Gasteiger partial charge in [-0.2, -0.15) is 13.2 Å². The highest BCUT2D eigenvalue weighted by molar-refractivity contribution is 7.86. The largest absolute Gasteiger partial charge is 0.741 e. The Labute approximate surface area is 318 Å². The summed E-state index contributed by atoms with van der Waals surface area (Å²) in [6, 6.07) is 5.88. The van der Waals surface area contributed by atoms with Crippen molar-refractivity contribution in [2.45, 2.75) is 84.8 Å². The average Bonchev–Trinajstić information content (AvgIpc) is 3.43. The van der Waals surface area contributed by atoms with Gasteiger partial charge in [0.15, 0.2) is 56.7 Å². The number of alkyl halides is 3. The van der Waals surface area contributed by atoms with Crippen molar-refractivity contribution in [2.75, 3.05) is 4.90 Å². The summed E-state index contributed by atoms with van der Waals surface area (Å²) in [4.78, 5) is 1.79. The number of nitrogens with zero attached hydrogens (tertiary/aromatic N) is 2. The Bertz CT molecular complexity index is 2280. The lowest BCUT2D eigenvalue weighted by molar-refractivity contribution is -0.476. The van der Waals surface area contributed by atoms with Gasteiger partial charge in [-0.3, -0.25) is 0 Å². The minimum Gasteiger partial charge on any atom is -0.741 e. The van der Waals surface area contributed by atoms with Crippen LogP contribution in [0, 0.1) is 99.7 Å². The number of rotatable bonds is 8. The van der Waals surface area contributed by atoms with E-state index in [1.807, 2.05) is 65.8 Å². The second-order valence-corrected chi connectivity index (χ2v) is 15.0. The van der Waals surface area contributed by atoms with E-state index in [0.717, 1.165) is 33.4 Å². The summed E-state index contributed by atoms with van der Waals surface area (Å²) < 4.78 is 205. The van der Waals surface area contributed by atoms with Crippen molar-refractivity contribution in [1.82, 2.24) is 0 Å². The van der Waals surface area contributed by atoms with Gasteiger partial charge < -0.3 is 4.55 Å². The molecular weight excluding hydrogens is 811 g/mol. The van der Waals surface area contributed by atoms with Crippen LogP contribution in [0.2, 0.25) is 0 Å². The van der Waals surface area contributed by atoms with Gasteiger partial charge in [-0.25, -0.2) is 61.8 Å². The van der Waals surface area contributed by atoms with Crippen molar-refractivity contribution in [2.24, 2.45) is 0 Å². The zero-order valence-corrected chi connectivity index (χ0v) is 31.6. The minimum absolute atomic E-state index is 0.232. The van der Waals surface area contributed by atoms with E-state index in [4.69, 9.17) is 13.0 Å². The normalized spacial score (nSPS) is 15.9. The highest BCUT2D eigenvalue weighted by Gasteiger charge is 2.46. The van der Waals surface area contributed by atoms with Crippen LogP contribution in [0.4, 0.5) is 68.5 Å². The Morgan fingerprint density at radius 2 is 0.895 bits per heavy atom. The van der Waals surface area contributed by atoms with Crippen molar-refractivity contribution in [3.8, 4) is 0 Å². The van der Waals surface area contributed by atoms with Crippen molar-refractivity contribution in [1.29, 1.82) is 0 Å². The van der Waals surface area contributed by atoms with Gasteiger partial charge in [-0.05, 0) is 89.5 Å². The standard InChI is InChI=1S/C37H33F10N2.CHF3O3S/c1-16-11-18(3)36(19(4)12-16)48-15-49(37-20(5)13-17(2)14-21(37)6)25(10-8-23-28(40)32(44)35(47)33(45)29(23)41)24(48)9-7-22-26(38)30(42)34(46)31(43)27(22)39;2-1(3,4)8(5,6)7/h11-15,24-25H,7-10H2,1-6H3;(H,5,6,7)/q+1;/p-1. The van der Waals surface area contributed by atoms with E-state index in [2.05, 4.69) is 0 Å². The molecule has 0 aliphatic carbocycles. The minimum atomic E-state index is -6.09. The number of halogens is 13. The zero-order valence-electron chi connectivity index (χ0n) is 30.8. The highest BCUT2D eigenvalue weighted by Crippen LogP contribution is 2.39. The monoisotopic (exact) mass is 844 g/mol. The quantitative estimate of drug-likeness (QED) is 0.0443. The molecule has 0 bridgehead atoms. The Morgan fingerprint density at radius 1 is 0.579 bits per heavy atom. The molecule has 0 spiro atoms. The molecule has 57 heavy (non-hydrogen) atoms. The molecule has 0 fully saturated rings. The molecule has 310 valence electrons. The lowest BCUT2D eigenvalue weighted by Gasteiger charge is -2.26. The van der Waals surface area contributed by atoms with E-state index in [1.165, 1.54) is 0 Å². The lowest BCUT2D eigenvalue weighted by Crippen LogP contribution is -2.40. The molecule has 4 aromatic carbocycles. The van der Waals surface area contributed by atoms with E-state index in [1.54, 1.807) is 15.8 Å². The van der Waals surface area contributed by atoms with Crippen LogP contribution in [0.25, 0.3) is 0 Å². The molecule has 0 amide bonds. The van der Waals surface area contributed by atoms with Crippen LogP contribution in [-0.4, -0.2) is 41.5 Å². The van der Waals surface area contributed by atoms with Crippen LogP contribution in [0.3, 0.4) is 0 Å². The first kappa shape index (κ1) is 45.1. The Kier molecular flexibility index (Phi) is 13.2. The zero-order chi connectivity index (χ0) is 43.2. The van der Waals surface area contributed by atoms with Gasteiger partial charge in [-0.1, -0.05) is 35.4 Å². The van der Waals surface area contributed by atoms with Crippen molar-refractivity contribution in [3.05, 3.63) is 127 Å². The van der Waals surface area contributed by atoms with Gasteiger partial charge in [0.2, 0.25) is 18.0 Å². The molecule has 2 atom stereocenters. The molecule has 2 unspecified atom stereocenters. The van der Waals surface area contributed by atoms with Gasteiger partial charge in [-0.15, -0.1) is 0 Å². The SMILES string of the molecule is Cc1cc(C)c(N2C=[N+](c3c(C)cc(C)cc3C)C(CCc3c(F)c(F)c(F)c(F)c3F)C2CCc2c(F)c(F)c(F)c(F)c2F)c(C)c1.O=S(=O)([O-])C(F)(F)F. The molecule has 5 rings (SSSR count). The molecule has 0 radical (unpaired) electrons. The molecule has 1 heterocycles. The van der Waals surface area contributed by atoms with Crippen LogP contribution < -0.4 is 4.90 Å². The molecular formula is C38H33F13N2O3S. The van der Waals surface area contributed by atoms with Crippen LogP contribution in [-0.2, 0) is 23.0 Å². The van der Waals surface area contributed by atoms with E-state index in [-0.39, 0.29) is 12.8 Å². The summed E-state index contributed by atoms with van der Waals surface area (Å²) in [5, 5.41) is 0. The third kappa shape index (κ3) is 8.93. The predicted molar refractivity (Wildman–Crippen MR) is 182 cm³/mol. The number of hydrogen-bond acceptors (Lipinski definition) is 4. The van der Waals surface area contributed by atoms with Crippen LogP contribution in [0.5, 0.6) is 0 Å². The fourth-order valence-electron chi connectivity index (χ4n) is 7.27. The number of aryl methyl sites for hydroxylation is 6. The summed E-state index contributed by atoms with van der Waals surface area (Å²) in [5.74, 6) is -20.9. The summed E-state index contributed by atoms with van der Waals surface area (Å²) in [5.41, 5.74) is -1.38. The topological polar surface area (TPSA) is 63.5 Å². The summed E-state index contributed by atoms with van der Waals surface area (Å²) in [7, 11) is -6.09. The Hall–Kier alpha value is -4.65. The van der Waals surface area contributed by atoms with E-state index in [9.17, 15) is 57.1 Å². The molecule has 1 aliphatic rings. The number of anilines is 1. The van der Waals surface area contributed by atoms with Crippen LogP contribution in [0.1, 0.15) is 57.3 Å². The van der Waals surface area contributed by atoms with E-state index < -0.39 is 110 Å². The molecule has 5 nitrogen and oxygen atoms in total. The average molecular weight is 845 g/mol. The van der Waals surface area contributed by atoms with Crippen molar-refractivity contribution in [3.63, 3.8) is 0 Å². The predicted octanol–water partition coefficient (Wildman–Crippen LogP) is 10.2. The molecule has 4 aromatic rings. The summed E-state index contributed by atoms with van der Waals surface area (Å²) >= 11 is 0. The van der Waals surface area contributed by atoms with Crippen molar-refractivity contribution < 1.29 is 74.6 Å². The molecule has 1 aliphatic heterocycles. The molecule has 0 saturated carbocycles.